The van der Waals surface area contributed by atoms with Crippen LogP contribution in [-0.2, 0) is 16.6 Å². The highest BCUT2D eigenvalue weighted by atomic mass is 35.5. The number of nitrogens with one attached hydrogen (secondary N) is 1. The number of carbonyl (C=O) groups excluding carboxylic acids is 1. The lowest BCUT2D eigenvalue weighted by Gasteiger charge is -2.38. The second-order valence-corrected chi connectivity index (χ2v) is 8.38. The highest BCUT2D eigenvalue weighted by Gasteiger charge is 2.39. The summed E-state index contributed by atoms with van der Waals surface area (Å²) < 4.78 is 32.4. The Hall–Kier alpha value is -2.16. The van der Waals surface area contributed by atoms with Crippen molar-refractivity contribution in [1.29, 1.82) is 0 Å². The van der Waals surface area contributed by atoms with Crippen LogP contribution in [-0.4, -0.2) is 49.7 Å². The number of aromatic nitrogens is 1. The summed E-state index contributed by atoms with van der Waals surface area (Å²) in [6.45, 7) is 0.358. The summed E-state index contributed by atoms with van der Waals surface area (Å²) >= 11 is 5.89. The smallest absolute Gasteiger partial charge is 0.253 e. The van der Waals surface area contributed by atoms with Gasteiger partial charge in [0.25, 0.3) is 5.91 Å². The topological polar surface area (TPSA) is 88.6 Å². The number of carbonyl (C=O) groups is 1. The molecule has 2 aromatic rings. The predicted octanol–water partition coefficient (Wildman–Crippen LogP) is 1.69. The Labute approximate surface area is 157 Å². The Morgan fingerprint density at radius 2 is 2.12 bits per heavy atom. The van der Waals surface area contributed by atoms with E-state index in [1.165, 1.54) is 12.0 Å². The number of likely N-dealkylation sites (tertiary alicyclic amines) is 1. The van der Waals surface area contributed by atoms with Crippen LogP contribution in [0.2, 0.25) is 5.02 Å². The van der Waals surface area contributed by atoms with Gasteiger partial charge in [0, 0.05) is 35.9 Å². The van der Waals surface area contributed by atoms with E-state index in [0.717, 1.165) is 0 Å². The Morgan fingerprint density at radius 3 is 2.81 bits per heavy atom. The van der Waals surface area contributed by atoms with Crippen LogP contribution >= 0.6 is 11.6 Å². The first-order valence-electron chi connectivity index (χ1n) is 7.91. The molecule has 1 N–H and O–H groups in total. The van der Waals surface area contributed by atoms with Gasteiger partial charge in [0.15, 0.2) is 0 Å². The first kappa shape index (κ1) is 18.6. The number of methoxy groups -OCH3 is 1. The molecule has 0 bridgehead atoms. The molecule has 1 aliphatic heterocycles. The summed E-state index contributed by atoms with van der Waals surface area (Å²) in [7, 11) is -2.02. The quantitative estimate of drug-likeness (QED) is 0.804. The molecule has 9 heteroatoms. The van der Waals surface area contributed by atoms with E-state index >= 15 is 0 Å². The SMILES string of the molecule is COc1ccnc(CNS(=O)(=O)C2CN(C(=O)c3cccc(Cl)c3)C2)c1. The second-order valence-electron chi connectivity index (χ2n) is 5.90. The van der Waals surface area contributed by atoms with Crippen molar-refractivity contribution in [1.82, 2.24) is 14.6 Å². The van der Waals surface area contributed by atoms with Gasteiger partial charge >= 0.3 is 0 Å². The van der Waals surface area contributed by atoms with Crippen LogP contribution in [0.15, 0.2) is 42.6 Å². The molecule has 0 radical (unpaired) electrons. The standard InChI is InChI=1S/C17H18ClN3O4S/c1-25-15-5-6-19-14(8-15)9-20-26(23,24)16-10-21(11-16)17(22)12-3-2-4-13(18)7-12/h2-8,16,20H,9-11H2,1H3. The van der Waals surface area contributed by atoms with E-state index in [0.29, 0.717) is 22.0 Å². The minimum Gasteiger partial charge on any atom is -0.497 e. The number of sulfonamides is 1. The lowest BCUT2D eigenvalue weighted by Crippen LogP contribution is -2.59. The number of nitrogens with zero attached hydrogens (tertiary/aromatic N) is 2. The highest BCUT2D eigenvalue weighted by molar-refractivity contribution is 7.90. The summed E-state index contributed by atoms with van der Waals surface area (Å²) in [6.07, 6.45) is 1.55. The molecule has 1 fully saturated rings. The molecule has 2 heterocycles. The van der Waals surface area contributed by atoms with Crippen molar-refractivity contribution in [2.45, 2.75) is 11.8 Å². The normalized spacial score (nSPS) is 14.8. The van der Waals surface area contributed by atoms with Crippen LogP contribution < -0.4 is 9.46 Å². The molecule has 1 amide bonds. The Balaban J connectivity index is 1.56. The van der Waals surface area contributed by atoms with Crippen LogP contribution in [0.1, 0.15) is 16.1 Å². The van der Waals surface area contributed by atoms with Crippen molar-refractivity contribution < 1.29 is 17.9 Å². The summed E-state index contributed by atoms with van der Waals surface area (Å²) in [4.78, 5) is 17.9. The van der Waals surface area contributed by atoms with Crippen LogP contribution in [0, 0.1) is 0 Å². The molecule has 7 nitrogen and oxygen atoms in total. The molecule has 26 heavy (non-hydrogen) atoms. The van der Waals surface area contributed by atoms with E-state index in [1.807, 2.05) is 0 Å². The van der Waals surface area contributed by atoms with Crippen molar-refractivity contribution in [2.75, 3.05) is 20.2 Å². The van der Waals surface area contributed by atoms with E-state index in [2.05, 4.69) is 9.71 Å². The molecule has 1 saturated heterocycles. The molecule has 1 aromatic carbocycles. The first-order chi connectivity index (χ1) is 12.4. The predicted molar refractivity (Wildman–Crippen MR) is 97.7 cm³/mol. The number of amides is 1. The van der Waals surface area contributed by atoms with E-state index in [4.69, 9.17) is 16.3 Å². The van der Waals surface area contributed by atoms with Crippen LogP contribution in [0.4, 0.5) is 0 Å². The summed E-state index contributed by atoms with van der Waals surface area (Å²) in [5.74, 6) is 0.379. The summed E-state index contributed by atoms with van der Waals surface area (Å²) in [5, 5.41) is -0.177. The Kier molecular flexibility index (Phi) is 5.45. The van der Waals surface area contributed by atoms with Gasteiger partial charge in [-0.05, 0) is 24.3 Å². The van der Waals surface area contributed by atoms with Crippen molar-refractivity contribution >= 4 is 27.5 Å². The molecule has 0 saturated carbocycles. The summed E-state index contributed by atoms with van der Waals surface area (Å²) in [5.41, 5.74) is 1.00. The van der Waals surface area contributed by atoms with Crippen molar-refractivity contribution in [2.24, 2.45) is 0 Å². The molecule has 0 atom stereocenters. The number of hydrogen-bond acceptors (Lipinski definition) is 5. The zero-order chi connectivity index (χ0) is 18.7. The highest BCUT2D eigenvalue weighted by Crippen LogP contribution is 2.20. The molecule has 0 aliphatic carbocycles. The fourth-order valence-electron chi connectivity index (χ4n) is 2.58. The molecule has 0 spiro atoms. The molecular formula is C17H18ClN3O4S. The lowest BCUT2D eigenvalue weighted by atomic mass is 10.1. The first-order valence-corrected chi connectivity index (χ1v) is 9.84. The minimum absolute atomic E-state index is 0.0677. The molecule has 3 rings (SSSR count). The number of benzene rings is 1. The van der Waals surface area contributed by atoms with Crippen LogP contribution in [0.5, 0.6) is 5.75 Å². The van der Waals surface area contributed by atoms with Crippen LogP contribution in [0.25, 0.3) is 0 Å². The average molecular weight is 396 g/mol. The van der Waals surface area contributed by atoms with Gasteiger partial charge in [-0.1, -0.05) is 17.7 Å². The van der Waals surface area contributed by atoms with E-state index in [9.17, 15) is 13.2 Å². The molecule has 1 aromatic heterocycles. The third-order valence-electron chi connectivity index (χ3n) is 4.12. The van der Waals surface area contributed by atoms with Crippen molar-refractivity contribution in [3.05, 3.63) is 58.9 Å². The summed E-state index contributed by atoms with van der Waals surface area (Å²) in [6, 6.07) is 9.94. The van der Waals surface area contributed by atoms with Gasteiger partial charge in [-0.3, -0.25) is 9.78 Å². The largest absolute Gasteiger partial charge is 0.497 e. The molecule has 138 valence electrons. The van der Waals surface area contributed by atoms with Gasteiger partial charge in [-0.25, -0.2) is 13.1 Å². The van der Waals surface area contributed by atoms with Gasteiger partial charge < -0.3 is 9.64 Å². The maximum Gasteiger partial charge on any atom is 0.253 e. The van der Waals surface area contributed by atoms with Gasteiger partial charge in [0.2, 0.25) is 10.0 Å². The number of pyridine rings is 1. The Bertz CT molecular complexity index is 914. The zero-order valence-electron chi connectivity index (χ0n) is 14.1. The Morgan fingerprint density at radius 1 is 1.35 bits per heavy atom. The third-order valence-corrected chi connectivity index (χ3v) is 6.08. The average Bonchev–Trinajstić information content (AvgIpc) is 2.58. The van der Waals surface area contributed by atoms with Crippen molar-refractivity contribution in [3.8, 4) is 5.75 Å². The lowest BCUT2D eigenvalue weighted by molar-refractivity contribution is 0.0658. The van der Waals surface area contributed by atoms with Gasteiger partial charge in [0.1, 0.15) is 11.0 Å². The maximum absolute atomic E-state index is 12.4. The minimum atomic E-state index is -3.55. The van der Waals surface area contributed by atoms with E-state index in [-0.39, 0.29) is 25.5 Å². The fraction of sp³-hybridized carbons (Fsp3) is 0.294. The van der Waals surface area contributed by atoms with Gasteiger partial charge in [-0.2, -0.15) is 0 Å². The van der Waals surface area contributed by atoms with E-state index in [1.54, 1.807) is 42.6 Å². The molecule has 0 unspecified atom stereocenters. The van der Waals surface area contributed by atoms with Gasteiger partial charge in [0.05, 0.1) is 19.3 Å². The number of hydrogen-bond donors (Lipinski definition) is 1. The number of halogens is 1. The zero-order valence-corrected chi connectivity index (χ0v) is 15.6. The maximum atomic E-state index is 12.4. The monoisotopic (exact) mass is 395 g/mol. The molecule has 1 aliphatic rings. The van der Waals surface area contributed by atoms with Crippen LogP contribution in [0.3, 0.4) is 0 Å². The number of rotatable bonds is 6. The fourth-order valence-corrected chi connectivity index (χ4v) is 4.10. The molecular weight excluding hydrogens is 378 g/mol. The third kappa shape index (κ3) is 4.14. The van der Waals surface area contributed by atoms with Crippen molar-refractivity contribution in [3.63, 3.8) is 0 Å². The second kappa shape index (κ2) is 7.61. The number of ether oxygens (including phenoxy) is 1. The van der Waals surface area contributed by atoms with Gasteiger partial charge in [-0.15, -0.1) is 0 Å². The van der Waals surface area contributed by atoms with E-state index < -0.39 is 15.3 Å².